The van der Waals surface area contributed by atoms with Crippen molar-refractivity contribution in [3.8, 4) is 22.8 Å². The minimum absolute atomic E-state index is 0.0839. The summed E-state index contributed by atoms with van der Waals surface area (Å²) in [6.07, 6.45) is -2.62. The SMILES string of the molecule is CCC(C)(C)N1Cc2cc(OCCCOC)c(OC(F)(F)F)cc2-c2cc(=O)c(C(=O)O)cn21. The molecule has 1 aliphatic rings. The number of carboxylic acids is 1. The molecule has 3 rings (SSSR count). The first-order valence-corrected chi connectivity index (χ1v) is 10.7. The monoisotopic (exact) mass is 484 g/mol. The summed E-state index contributed by atoms with van der Waals surface area (Å²) in [4.78, 5) is 24.1. The molecular weight excluding hydrogens is 457 g/mol. The number of ether oxygens (including phenoxy) is 3. The number of benzene rings is 1. The minimum atomic E-state index is -4.96. The Bertz CT molecular complexity index is 1130. The van der Waals surface area contributed by atoms with Gasteiger partial charge in [0.2, 0.25) is 0 Å². The van der Waals surface area contributed by atoms with E-state index in [0.717, 1.165) is 6.07 Å². The van der Waals surface area contributed by atoms with Crippen molar-refractivity contribution in [2.75, 3.05) is 25.3 Å². The third-order valence-corrected chi connectivity index (χ3v) is 5.83. The number of fused-ring (bicyclic) bond motifs is 3. The van der Waals surface area contributed by atoms with Crippen LogP contribution in [0.15, 0.2) is 29.2 Å². The van der Waals surface area contributed by atoms with E-state index in [9.17, 15) is 27.9 Å². The molecule has 0 fully saturated rings. The zero-order valence-corrected chi connectivity index (χ0v) is 19.4. The lowest BCUT2D eigenvalue weighted by Gasteiger charge is -2.45. The second-order valence-electron chi connectivity index (χ2n) is 8.51. The topological polar surface area (TPSA) is 90.2 Å². The number of methoxy groups -OCH3 is 1. The molecule has 0 saturated heterocycles. The van der Waals surface area contributed by atoms with Crippen LogP contribution in [0.2, 0.25) is 0 Å². The van der Waals surface area contributed by atoms with Crippen LogP contribution in [0.4, 0.5) is 13.2 Å². The molecule has 0 bridgehead atoms. The lowest BCUT2D eigenvalue weighted by atomic mass is 9.95. The molecule has 0 saturated carbocycles. The zero-order chi connectivity index (χ0) is 25.3. The summed E-state index contributed by atoms with van der Waals surface area (Å²) >= 11 is 0. The van der Waals surface area contributed by atoms with Crippen molar-refractivity contribution in [3.63, 3.8) is 0 Å². The second kappa shape index (κ2) is 9.57. The van der Waals surface area contributed by atoms with Gasteiger partial charge >= 0.3 is 12.3 Å². The Morgan fingerprint density at radius 2 is 1.85 bits per heavy atom. The molecule has 1 N–H and O–H groups in total. The first-order valence-electron chi connectivity index (χ1n) is 10.7. The highest BCUT2D eigenvalue weighted by Gasteiger charge is 2.36. The summed E-state index contributed by atoms with van der Waals surface area (Å²) in [5.41, 5.74) is -0.470. The fourth-order valence-corrected chi connectivity index (χ4v) is 3.68. The van der Waals surface area contributed by atoms with Crippen LogP contribution in [0.5, 0.6) is 11.5 Å². The van der Waals surface area contributed by atoms with Crippen LogP contribution in [0.25, 0.3) is 11.3 Å². The van der Waals surface area contributed by atoms with Gasteiger partial charge in [-0.1, -0.05) is 6.92 Å². The van der Waals surface area contributed by atoms with Crippen LogP contribution >= 0.6 is 0 Å². The van der Waals surface area contributed by atoms with Crippen molar-refractivity contribution in [1.29, 1.82) is 0 Å². The zero-order valence-electron chi connectivity index (χ0n) is 19.4. The fraction of sp³-hybridized carbons (Fsp3) is 0.478. The average Bonchev–Trinajstić information content (AvgIpc) is 2.74. The van der Waals surface area contributed by atoms with Crippen LogP contribution in [0.3, 0.4) is 0 Å². The molecule has 8 nitrogen and oxygen atoms in total. The molecule has 186 valence electrons. The third-order valence-electron chi connectivity index (χ3n) is 5.83. The van der Waals surface area contributed by atoms with Gasteiger partial charge < -0.3 is 24.3 Å². The first kappa shape index (κ1) is 25.4. The number of carboxylic acid groups (broad SMARTS) is 1. The number of alkyl halides is 3. The lowest BCUT2D eigenvalue weighted by molar-refractivity contribution is -0.275. The Balaban J connectivity index is 2.20. The molecule has 1 aromatic carbocycles. The van der Waals surface area contributed by atoms with Gasteiger partial charge in [-0.25, -0.2) is 4.79 Å². The summed E-state index contributed by atoms with van der Waals surface area (Å²) in [6.45, 7) is 6.59. The van der Waals surface area contributed by atoms with Crippen molar-refractivity contribution in [2.45, 2.75) is 52.1 Å². The van der Waals surface area contributed by atoms with E-state index in [4.69, 9.17) is 9.47 Å². The van der Waals surface area contributed by atoms with Gasteiger partial charge in [-0.3, -0.25) is 9.47 Å². The molecule has 1 aromatic heterocycles. The molecule has 0 unspecified atom stereocenters. The molecule has 0 amide bonds. The number of rotatable bonds is 9. The Hall–Kier alpha value is -3.21. The Morgan fingerprint density at radius 1 is 1.15 bits per heavy atom. The minimum Gasteiger partial charge on any atom is -0.490 e. The maximum absolute atomic E-state index is 13.1. The van der Waals surface area contributed by atoms with Crippen LogP contribution < -0.4 is 19.9 Å². The van der Waals surface area contributed by atoms with Crippen molar-refractivity contribution in [3.05, 3.63) is 45.7 Å². The smallest absolute Gasteiger partial charge is 0.490 e. The molecule has 2 heterocycles. The van der Waals surface area contributed by atoms with Gasteiger partial charge in [0.15, 0.2) is 16.9 Å². The van der Waals surface area contributed by atoms with Gasteiger partial charge in [0.25, 0.3) is 0 Å². The average molecular weight is 484 g/mol. The van der Waals surface area contributed by atoms with Gasteiger partial charge in [0.1, 0.15) is 5.56 Å². The standard InChI is InChI=1S/C23H27F3N2O6/c1-5-22(2,3)28-12-14-9-19(33-8-6-7-32-4)20(34-23(24,25)26)10-15(14)17-11-18(29)16(21(30)31)13-27(17)28/h9-11,13H,5-8,12H2,1-4H3,(H,30,31). The van der Waals surface area contributed by atoms with Crippen molar-refractivity contribution >= 4 is 5.97 Å². The Labute approximate surface area is 194 Å². The van der Waals surface area contributed by atoms with E-state index >= 15 is 0 Å². The molecule has 34 heavy (non-hydrogen) atoms. The van der Waals surface area contributed by atoms with Crippen molar-refractivity contribution < 1.29 is 37.3 Å². The van der Waals surface area contributed by atoms with Gasteiger partial charge in [0.05, 0.1) is 24.4 Å². The molecule has 1 aliphatic heterocycles. The normalized spacial score (nSPS) is 13.3. The van der Waals surface area contributed by atoms with Gasteiger partial charge in [-0.05, 0) is 38.0 Å². The molecule has 11 heteroatoms. The quantitative estimate of drug-likeness (QED) is 0.535. The highest BCUT2D eigenvalue weighted by molar-refractivity contribution is 5.88. The fourth-order valence-electron chi connectivity index (χ4n) is 3.68. The lowest BCUT2D eigenvalue weighted by Crippen LogP contribution is -2.52. The summed E-state index contributed by atoms with van der Waals surface area (Å²) < 4.78 is 55.7. The highest BCUT2D eigenvalue weighted by Crippen LogP contribution is 2.42. The summed E-state index contributed by atoms with van der Waals surface area (Å²) in [5, 5.41) is 11.3. The van der Waals surface area contributed by atoms with E-state index in [0.29, 0.717) is 30.6 Å². The van der Waals surface area contributed by atoms with E-state index in [1.165, 1.54) is 30.1 Å². The molecule has 0 atom stereocenters. The van der Waals surface area contributed by atoms with Crippen molar-refractivity contribution in [2.24, 2.45) is 0 Å². The maximum atomic E-state index is 13.1. The number of hydrogen-bond acceptors (Lipinski definition) is 6. The largest absolute Gasteiger partial charge is 0.573 e. The molecule has 2 aromatic rings. The number of carbonyl (C=O) groups is 1. The number of halogens is 3. The van der Waals surface area contributed by atoms with Crippen LogP contribution in [0, 0.1) is 0 Å². The van der Waals surface area contributed by atoms with Crippen LogP contribution in [-0.2, 0) is 11.3 Å². The van der Waals surface area contributed by atoms with E-state index < -0.39 is 34.6 Å². The Morgan fingerprint density at radius 3 is 2.44 bits per heavy atom. The van der Waals surface area contributed by atoms with E-state index in [1.807, 2.05) is 25.8 Å². The molecule has 0 spiro atoms. The number of aromatic nitrogens is 1. The van der Waals surface area contributed by atoms with Crippen molar-refractivity contribution in [1.82, 2.24) is 4.68 Å². The van der Waals surface area contributed by atoms with Gasteiger partial charge in [0, 0.05) is 38.0 Å². The Kier molecular flexibility index (Phi) is 7.15. The summed E-state index contributed by atoms with van der Waals surface area (Å²) in [5.74, 6) is -2.02. The summed E-state index contributed by atoms with van der Waals surface area (Å²) in [6, 6.07) is 3.77. The maximum Gasteiger partial charge on any atom is 0.573 e. The third kappa shape index (κ3) is 5.30. The number of hydrogen-bond donors (Lipinski definition) is 1. The number of nitrogens with zero attached hydrogens (tertiary/aromatic N) is 2. The van der Waals surface area contributed by atoms with E-state index in [1.54, 1.807) is 0 Å². The molecular formula is C23H27F3N2O6. The van der Waals surface area contributed by atoms with Crippen LogP contribution in [0.1, 0.15) is 49.5 Å². The highest BCUT2D eigenvalue weighted by atomic mass is 19.4. The molecule has 0 aliphatic carbocycles. The predicted octanol–water partition coefficient (Wildman–Crippen LogP) is 4.17. The number of pyridine rings is 1. The predicted molar refractivity (Wildman–Crippen MR) is 118 cm³/mol. The summed E-state index contributed by atoms with van der Waals surface area (Å²) in [7, 11) is 1.51. The number of aromatic carboxylic acids is 1. The van der Waals surface area contributed by atoms with Gasteiger partial charge in [-0.15, -0.1) is 13.2 Å². The van der Waals surface area contributed by atoms with E-state index in [-0.39, 0.29) is 24.6 Å². The second-order valence-corrected chi connectivity index (χ2v) is 8.51. The van der Waals surface area contributed by atoms with Gasteiger partial charge in [-0.2, -0.15) is 0 Å². The molecule has 0 radical (unpaired) electrons. The first-order chi connectivity index (χ1) is 15.9. The van der Waals surface area contributed by atoms with E-state index in [2.05, 4.69) is 4.74 Å². The van der Waals surface area contributed by atoms with Crippen LogP contribution in [-0.4, -0.2) is 48.0 Å².